The fraction of sp³-hybridized carbons (Fsp3) is 0.385. The predicted octanol–water partition coefficient (Wildman–Crippen LogP) is 7.08. The first kappa shape index (κ1) is 25.6. The maximum atomic E-state index is 10.8. The summed E-state index contributed by atoms with van der Waals surface area (Å²) < 4.78 is 0. The lowest BCUT2D eigenvalue weighted by molar-refractivity contribution is -0.385. The summed E-state index contributed by atoms with van der Waals surface area (Å²) in [5.74, 6) is 0.526. The third-order valence-electron chi connectivity index (χ3n) is 6.33. The van der Waals surface area contributed by atoms with Crippen LogP contribution in [-0.2, 0) is 0 Å². The van der Waals surface area contributed by atoms with Gasteiger partial charge in [0.15, 0.2) is 0 Å². The van der Waals surface area contributed by atoms with Gasteiger partial charge in [-0.3, -0.25) is 20.2 Å². The number of aliphatic hydroxyl groups excluding tert-OH is 1. The van der Waals surface area contributed by atoms with Crippen LogP contribution < -0.4 is 0 Å². The number of non-ortho nitro benzene ring substituents is 2. The van der Waals surface area contributed by atoms with Gasteiger partial charge in [-0.2, -0.15) is 0 Å². The van der Waals surface area contributed by atoms with E-state index in [1.807, 2.05) is 12.1 Å². The zero-order chi connectivity index (χ0) is 24.5. The lowest BCUT2D eigenvalue weighted by Crippen LogP contribution is -2.03. The molecule has 2 aromatic rings. The van der Waals surface area contributed by atoms with E-state index in [0.29, 0.717) is 5.88 Å². The Kier molecular flexibility index (Phi) is 9.36. The van der Waals surface area contributed by atoms with E-state index in [9.17, 15) is 25.3 Å². The van der Waals surface area contributed by atoms with E-state index in [1.54, 1.807) is 24.3 Å². The smallest absolute Gasteiger partial charge is 0.270 e. The Balaban J connectivity index is 0.000000191. The minimum atomic E-state index is -0.383. The average Bonchev–Trinajstić information content (AvgIpc) is 2.89. The van der Waals surface area contributed by atoms with E-state index in [1.165, 1.54) is 29.7 Å². The number of nitro groups is 2. The second-order valence-corrected chi connectivity index (χ2v) is 8.75. The molecule has 0 unspecified atom stereocenters. The quantitative estimate of drug-likeness (QED) is 0.268. The van der Waals surface area contributed by atoms with E-state index in [0.717, 1.165) is 67.2 Å². The standard InChI is InChI=1S/C13H14ClNO2.C13H15NO3/c14-9-11-4-1-2-7-13(11)10-5-3-6-12(8-10)15(16)17;15-9-11-4-1-2-7-13(11)10-5-3-6-12(8-10)14(16)17/h3,5-6,8H,1-2,4,7,9H2;3,5-6,8,15H,1-2,4,7,9H2. The summed E-state index contributed by atoms with van der Waals surface area (Å²) in [6.45, 7) is 0.0536. The molecule has 2 aromatic carbocycles. The monoisotopic (exact) mass is 484 g/mol. The molecular formula is C26H29ClN2O5. The number of hydrogen-bond acceptors (Lipinski definition) is 5. The highest BCUT2D eigenvalue weighted by Crippen LogP contribution is 2.34. The average molecular weight is 485 g/mol. The van der Waals surface area contributed by atoms with Crippen LogP contribution in [0, 0.1) is 20.2 Å². The zero-order valence-corrected chi connectivity index (χ0v) is 19.8. The topological polar surface area (TPSA) is 107 Å². The van der Waals surface area contributed by atoms with E-state index < -0.39 is 0 Å². The lowest BCUT2D eigenvalue weighted by Gasteiger charge is -2.19. The number of benzene rings is 2. The summed E-state index contributed by atoms with van der Waals surface area (Å²) in [5, 5.41) is 30.8. The Morgan fingerprint density at radius 2 is 1.18 bits per heavy atom. The molecule has 0 aliphatic heterocycles. The van der Waals surface area contributed by atoms with Crippen LogP contribution >= 0.6 is 11.6 Å². The number of hydrogen-bond donors (Lipinski definition) is 1. The third kappa shape index (κ3) is 6.52. The van der Waals surface area contributed by atoms with Crippen LogP contribution in [0.2, 0.25) is 0 Å². The van der Waals surface area contributed by atoms with Gasteiger partial charge in [0.25, 0.3) is 11.4 Å². The van der Waals surface area contributed by atoms with Crippen molar-refractivity contribution in [3.05, 3.63) is 91.0 Å². The normalized spacial score (nSPS) is 16.1. The number of nitro benzene ring substituents is 2. The molecule has 34 heavy (non-hydrogen) atoms. The van der Waals surface area contributed by atoms with E-state index in [4.69, 9.17) is 11.6 Å². The molecule has 0 bridgehead atoms. The highest BCUT2D eigenvalue weighted by molar-refractivity contribution is 6.20. The molecular weight excluding hydrogens is 456 g/mol. The number of rotatable bonds is 6. The predicted molar refractivity (Wildman–Crippen MR) is 135 cm³/mol. The van der Waals surface area contributed by atoms with Gasteiger partial charge < -0.3 is 5.11 Å². The van der Waals surface area contributed by atoms with E-state index in [2.05, 4.69) is 0 Å². The molecule has 180 valence electrons. The third-order valence-corrected chi connectivity index (χ3v) is 6.65. The molecule has 2 aliphatic carbocycles. The lowest BCUT2D eigenvalue weighted by atomic mass is 9.87. The van der Waals surface area contributed by atoms with Crippen molar-refractivity contribution in [3.63, 3.8) is 0 Å². The van der Waals surface area contributed by atoms with Crippen LogP contribution in [-0.4, -0.2) is 27.4 Å². The summed E-state index contributed by atoms with van der Waals surface area (Å²) in [4.78, 5) is 20.7. The van der Waals surface area contributed by atoms with Gasteiger partial charge in [0.2, 0.25) is 0 Å². The van der Waals surface area contributed by atoms with Crippen LogP contribution in [0.3, 0.4) is 0 Å². The number of alkyl halides is 1. The molecule has 0 fully saturated rings. The van der Waals surface area contributed by atoms with Crippen molar-refractivity contribution in [2.75, 3.05) is 12.5 Å². The molecule has 2 aliphatic rings. The highest BCUT2D eigenvalue weighted by atomic mass is 35.5. The van der Waals surface area contributed by atoms with Crippen molar-refractivity contribution in [1.82, 2.24) is 0 Å². The SMILES string of the molecule is O=[N+]([O-])c1cccc(C2=C(CCl)CCCC2)c1.O=[N+]([O-])c1cccc(C2=C(CO)CCCC2)c1. The molecule has 0 saturated carbocycles. The number of aliphatic hydroxyl groups is 1. The highest BCUT2D eigenvalue weighted by Gasteiger charge is 2.17. The summed E-state index contributed by atoms with van der Waals surface area (Å²) >= 11 is 5.94. The number of nitrogens with zero attached hydrogens (tertiary/aromatic N) is 2. The summed E-state index contributed by atoms with van der Waals surface area (Å²) in [5.41, 5.74) is 6.64. The minimum Gasteiger partial charge on any atom is -0.392 e. The number of allylic oxidation sites excluding steroid dienone is 3. The summed E-state index contributed by atoms with van der Waals surface area (Å²) in [6.07, 6.45) is 8.27. The van der Waals surface area contributed by atoms with Crippen molar-refractivity contribution in [2.24, 2.45) is 0 Å². The Hall–Kier alpha value is -3.03. The van der Waals surface area contributed by atoms with E-state index in [-0.39, 0.29) is 27.8 Å². The van der Waals surface area contributed by atoms with Gasteiger partial charge in [-0.15, -0.1) is 11.6 Å². The minimum absolute atomic E-state index is 0.0536. The molecule has 0 spiro atoms. The molecule has 0 aromatic heterocycles. The van der Waals surface area contributed by atoms with Crippen LogP contribution in [0.1, 0.15) is 62.5 Å². The Morgan fingerprint density at radius 1 is 0.735 bits per heavy atom. The van der Waals surface area contributed by atoms with Crippen molar-refractivity contribution >= 4 is 34.1 Å². The summed E-state index contributed by atoms with van der Waals surface area (Å²) in [6, 6.07) is 13.5. The van der Waals surface area contributed by atoms with Gasteiger partial charge in [-0.1, -0.05) is 29.8 Å². The molecule has 0 heterocycles. The molecule has 0 amide bonds. The second kappa shape index (κ2) is 12.4. The first-order valence-corrected chi connectivity index (χ1v) is 12.1. The first-order chi connectivity index (χ1) is 16.4. The number of halogens is 1. The van der Waals surface area contributed by atoms with Crippen LogP contribution in [0.4, 0.5) is 11.4 Å². The first-order valence-electron chi connectivity index (χ1n) is 11.5. The molecule has 0 saturated heterocycles. The molecule has 0 radical (unpaired) electrons. The van der Waals surface area contributed by atoms with Crippen molar-refractivity contribution < 1.29 is 15.0 Å². The van der Waals surface area contributed by atoms with Crippen molar-refractivity contribution in [2.45, 2.75) is 51.4 Å². The molecule has 4 rings (SSSR count). The van der Waals surface area contributed by atoms with Gasteiger partial charge in [-0.05, 0) is 79.2 Å². The fourth-order valence-electron chi connectivity index (χ4n) is 4.57. The van der Waals surface area contributed by atoms with Gasteiger partial charge in [0.1, 0.15) is 0 Å². The van der Waals surface area contributed by atoms with Crippen LogP contribution in [0.25, 0.3) is 11.1 Å². The maximum absolute atomic E-state index is 10.8. The fourth-order valence-corrected chi connectivity index (χ4v) is 4.86. The van der Waals surface area contributed by atoms with E-state index >= 15 is 0 Å². The molecule has 1 N–H and O–H groups in total. The van der Waals surface area contributed by atoms with Gasteiger partial charge in [0.05, 0.1) is 16.5 Å². The molecule has 7 nitrogen and oxygen atoms in total. The van der Waals surface area contributed by atoms with Gasteiger partial charge >= 0.3 is 0 Å². The van der Waals surface area contributed by atoms with Gasteiger partial charge in [0, 0.05) is 30.1 Å². The molecule has 0 atom stereocenters. The molecule has 8 heteroatoms. The Bertz CT molecular complexity index is 1020. The Labute approximate surface area is 204 Å². The van der Waals surface area contributed by atoms with Crippen LogP contribution in [0.15, 0.2) is 59.7 Å². The second-order valence-electron chi connectivity index (χ2n) is 8.49. The van der Waals surface area contributed by atoms with Crippen molar-refractivity contribution in [1.29, 1.82) is 0 Å². The maximum Gasteiger partial charge on any atom is 0.270 e. The van der Waals surface area contributed by atoms with Crippen LogP contribution in [0.5, 0.6) is 0 Å². The zero-order valence-electron chi connectivity index (χ0n) is 19.0. The van der Waals surface area contributed by atoms with Crippen molar-refractivity contribution in [3.8, 4) is 0 Å². The Morgan fingerprint density at radius 3 is 1.62 bits per heavy atom. The summed E-state index contributed by atoms with van der Waals surface area (Å²) in [7, 11) is 0. The largest absolute Gasteiger partial charge is 0.392 e. The van der Waals surface area contributed by atoms with Gasteiger partial charge in [-0.25, -0.2) is 0 Å².